The van der Waals surface area contributed by atoms with Gasteiger partial charge >= 0.3 is 5.97 Å². The SMILES string of the molecule is CS(=O)(=O)c1ccccc1C(=O)OCc1ccc(C#N)cc1. The molecule has 5 nitrogen and oxygen atoms in total. The van der Waals surface area contributed by atoms with Crippen molar-refractivity contribution in [1.29, 1.82) is 5.26 Å². The van der Waals surface area contributed by atoms with Crippen LogP contribution in [0.25, 0.3) is 0 Å². The van der Waals surface area contributed by atoms with E-state index >= 15 is 0 Å². The highest BCUT2D eigenvalue weighted by Crippen LogP contribution is 2.17. The van der Waals surface area contributed by atoms with Crippen molar-refractivity contribution in [3.05, 3.63) is 65.2 Å². The van der Waals surface area contributed by atoms with Crippen LogP contribution in [0.4, 0.5) is 0 Å². The first-order chi connectivity index (χ1) is 10.4. The van der Waals surface area contributed by atoms with Crippen LogP contribution < -0.4 is 0 Å². The molecule has 2 rings (SSSR count). The molecule has 0 heterocycles. The second kappa shape index (κ2) is 6.41. The van der Waals surface area contributed by atoms with Crippen molar-refractivity contribution in [2.45, 2.75) is 11.5 Å². The van der Waals surface area contributed by atoms with Crippen LogP contribution in [0.15, 0.2) is 53.4 Å². The van der Waals surface area contributed by atoms with Gasteiger partial charge in [-0.2, -0.15) is 5.26 Å². The Morgan fingerprint density at radius 2 is 1.77 bits per heavy atom. The van der Waals surface area contributed by atoms with Crippen LogP contribution in [0.2, 0.25) is 0 Å². The Labute approximate surface area is 128 Å². The average Bonchev–Trinajstić information content (AvgIpc) is 2.52. The van der Waals surface area contributed by atoms with Gasteiger partial charge in [0.2, 0.25) is 0 Å². The summed E-state index contributed by atoms with van der Waals surface area (Å²) in [7, 11) is -3.51. The molecule has 112 valence electrons. The van der Waals surface area contributed by atoms with Gasteiger partial charge in [0.25, 0.3) is 0 Å². The molecule has 22 heavy (non-hydrogen) atoms. The number of carbonyl (C=O) groups excluding carboxylic acids is 1. The van der Waals surface area contributed by atoms with Crippen LogP contribution in [0.3, 0.4) is 0 Å². The number of hydrogen-bond donors (Lipinski definition) is 0. The van der Waals surface area contributed by atoms with Crippen molar-refractivity contribution in [3.63, 3.8) is 0 Å². The zero-order valence-corrected chi connectivity index (χ0v) is 12.6. The second-order valence-electron chi connectivity index (χ2n) is 4.65. The molecule has 0 amide bonds. The molecule has 0 atom stereocenters. The largest absolute Gasteiger partial charge is 0.457 e. The maximum absolute atomic E-state index is 12.1. The first-order valence-electron chi connectivity index (χ1n) is 6.37. The van der Waals surface area contributed by atoms with E-state index in [1.165, 1.54) is 12.1 Å². The number of sulfone groups is 1. The van der Waals surface area contributed by atoms with Gasteiger partial charge in [-0.15, -0.1) is 0 Å². The number of esters is 1. The Morgan fingerprint density at radius 3 is 2.36 bits per heavy atom. The summed E-state index contributed by atoms with van der Waals surface area (Å²) in [6.07, 6.45) is 1.04. The van der Waals surface area contributed by atoms with Crippen LogP contribution in [0, 0.1) is 11.3 Å². The van der Waals surface area contributed by atoms with Crippen LogP contribution in [0.5, 0.6) is 0 Å². The zero-order chi connectivity index (χ0) is 16.2. The molecular formula is C16H13NO4S. The van der Waals surface area contributed by atoms with Gasteiger partial charge in [-0.25, -0.2) is 13.2 Å². The topological polar surface area (TPSA) is 84.2 Å². The molecule has 0 spiro atoms. The van der Waals surface area contributed by atoms with Crippen LogP contribution in [0.1, 0.15) is 21.5 Å². The summed E-state index contributed by atoms with van der Waals surface area (Å²) in [5, 5.41) is 8.71. The predicted octanol–water partition coefficient (Wildman–Crippen LogP) is 2.32. The minimum Gasteiger partial charge on any atom is -0.457 e. The Hall–Kier alpha value is -2.65. The molecule has 0 aliphatic carbocycles. The number of rotatable bonds is 4. The van der Waals surface area contributed by atoms with Gasteiger partial charge < -0.3 is 4.74 Å². The number of hydrogen-bond acceptors (Lipinski definition) is 5. The lowest BCUT2D eigenvalue weighted by Gasteiger charge is -2.08. The molecule has 0 unspecified atom stereocenters. The van der Waals surface area contributed by atoms with Gasteiger partial charge in [0.1, 0.15) is 6.61 Å². The lowest BCUT2D eigenvalue weighted by atomic mass is 10.1. The fourth-order valence-corrected chi connectivity index (χ4v) is 2.74. The first kappa shape index (κ1) is 15.7. The lowest BCUT2D eigenvalue weighted by Crippen LogP contribution is -2.11. The summed E-state index contributed by atoms with van der Waals surface area (Å²) < 4.78 is 28.5. The fourth-order valence-electron chi connectivity index (χ4n) is 1.86. The third-order valence-corrected chi connectivity index (χ3v) is 4.11. The van der Waals surface area contributed by atoms with E-state index in [9.17, 15) is 13.2 Å². The van der Waals surface area contributed by atoms with Gasteiger partial charge in [-0.05, 0) is 29.8 Å². The lowest BCUT2D eigenvalue weighted by molar-refractivity contribution is 0.0468. The Balaban J connectivity index is 2.15. The Morgan fingerprint density at radius 1 is 1.14 bits per heavy atom. The molecule has 2 aromatic carbocycles. The summed E-state index contributed by atoms with van der Waals surface area (Å²) in [5.74, 6) is -0.703. The van der Waals surface area contributed by atoms with Crippen molar-refractivity contribution in [2.24, 2.45) is 0 Å². The van der Waals surface area contributed by atoms with Crippen molar-refractivity contribution < 1.29 is 17.9 Å². The van der Waals surface area contributed by atoms with Gasteiger partial charge in [0, 0.05) is 6.26 Å². The van der Waals surface area contributed by atoms with E-state index in [1.54, 1.807) is 36.4 Å². The number of ether oxygens (including phenoxy) is 1. The quantitative estimate of drug-likeness (QED) is 0.808. The van der Waals surface area contributed by atoms with E-state index in [4.69, 9.17) is 10.00 Å². The maximum Gasteiger partial charge on any atom is 0.339 e. The monoisotopic (exact) mass is 315 g/mol. The van der Waals surface area contributed by atoms with E-state index in [2.05, 4.69) is 0 Å². The summed E-state index contributed by atoms with van der Waals surface area (Å²) in [6, 6.07) is 14.5. The average molecular weight is 315 g/mol. The number of nitrogens with zero attached hydrogens (tertiary/aromatic N) is 1. The van der Waals surface area contributed by atoms with Gasteiger partial charge in [0.05, 0.1) is 22.1 Å². The zero-order valence-electron chi connectivity index (χ0n) is 11.8. The third-order valence-electron chi connectivity index (χ3n) is 2.96. The number of carbonyl (C=O) groups is 1. The molecule has 0 aliphatic heterocycles. The van der Waals surface area contributed by atoms with Crippen molar-refractivity contribution >= 4 is 15.8 Å². The number of benzene rings is 2. The van der Waals surface area contributed by atoms with E-state index in [-0.39, 0.29) is 17.1 Å². The van der Waals surface area contributed by atoms with Crippen molar-refractivity contribution in [1.82, 2.24) is 0 Å². The summed E-state index contributed by atoms with van der Waals surface area (Å²) >= 11 is 0. The molecule has 0 saturated heterocycles. The highest BCUT2D eigenvalue weighted by molar-refractivity contribution is 7.90. The van der Waals surface area contributed by atoms with Gasteiger partial charge in [-0.1, -0.05) is 24.3 Å². The van der Waals surface area contributed by atoms with Crippen molar-refractivity contribution in [3.8, 4) is 6.07 Å². The van der Waals surface area contributed by atoms with Gasteiger partial charge in [-0.3, -0.25) is 0 Å². The van der Waals surface area contributed by atoms with Crippen LogP contribution in [-0.4, -0.2) is 20.6 Å². The molecule has 0 aliphatic rings. The van der Waals surface area contributed by atoms with Crippen LogP contribution >= 0.6 is 0 Å². The highest BCUT2D eigenvalue weighted by atomic mass is 32.2. The molecule has 0 fully saturated rings. The minimum atomic E-state index is -3.51. The van der Waals surface area contributed by atoms with E-state index in [0.717, 1.165) is 6.26 Å². The van der Waals surface area contributed by atoms with E-state index in [1.807, 2.05) is 6.07 Å². The van der Waals surface area contributed by atoms with Crippen molar-refractivity contribution in [2.75, 3.05) is 6.26 Å². The third kappa shape index (κ3) is 3.71. The van der Waals surface area contributed by atoms with Crippen LogP contribution in [-0.2, 0) is 21.2 Å². The van der Waals surface area contributed by atoms with E-state index < -0.39 is 15.8 Å². The summed E-state index contributed by atoms with van der Waals surface area (Å²) in [6.45, 7) is 0.00262. The first-order valence-corrected chi connectivity index (χ1v) is 8.26. The highest BCUT2D eigenvalue weighted by Gasteiger charge is 2.19. The number of nitriles is 1. The molecule has 0 bridgehead atoms. The minimum absolute atomic E-state index is 0.00262. The molecule has 2 aromatic rings. The molecule has 0 N–H and O–H groups in total. The maximum atomic E-state index is 12.1. The Bertz CT molecular complexity index is 833. The molecule has 6 heteroatoms. The summed E-state index contributed by atoms with van der Waals surface area (Å²) in [4.78, 5) is 12.0. The van der Waals surface area contributed by atoms with E-state index in [0.29, 0.717) is 11.1 Å². The molecular weight excluding hydrogens is 302 g/mol. The normalized spacial score (nSPS) is 10.7. The predicted molar refractivity (Wildman–Crippen MR) is 79.8 cm³/mol. The smallest absolute Gasteiger partial charge is 0.339 e. The molecule has 0 aromatic heterocycles. The standard InChI is InChI=1S/C16H13NO4S/c1-22(19,20)15-5-3-2-4-14(15)16(18)21-11-13-8-6-12(10-17)7-9-13/h2-9H,11H2,1H3. The fraction of sp³-hybridized carbons (Fsp3) is 0.125. The molecule has 0 radical (unpaired) electrons. The summed E-state index contributed by atoms with van der Waals surface area (Å²) in [5.41, 5.74) is 1.24. The molecule has 0 saturated carbocycles. The van der Waals surface area contributed by atoms with Gasteiger partial charge in [0.15, 0.2) is 9.84 Å². The second-order valence-corrected chi connectivity index (χ2v) is 6.64. The Kier molecular flexibility index (Phi) is 4.59.